The molecular weight excluding hydrogens is 969 g/mol. The molecule has 0 aliphatic carbocycles. The van der Waals surface area contributed by atoms with E-state index in [0.717, 1.165) is 107 Å². The van der Waals surface area contributed by atoms with Crippen molar-refractivity contribution in [1.29, 1.82) is 5.26 Å². The van der Waals surface area contributed by atoms with Crippen molar-refractivity contribution in [2.24, 2.45) is 0 Å². The van der Waals surface area contributed by atoms with E-state index in [4.69, 9.17) is 0 Å². The zero-order valence-corrected chi connectivity index (χ0v) is 42.2. The van der Waals surface area contributed by atoms with Crippen LogP contribution in [-0.2, 0) is 0 Å². The van der Waals surface area contributed by atoms with Crippen molar-refractivity contribution in [3.8, 4) is 50.8 Å². The van der Waals surface area contributed by atoms with E-state index in [0.29, 0.717) is 22.6 Å². The van der Waals surface area contributed by atoms with Crippen LogP contribution < -0.4 is 0 Å². The van der Waals surface area contributed by atoms with Gasteiger partial charge in [0.05, 0.1) is 65.7 Å². The Morgan fingerprint density at radius 2 is 0.747 bits per heavy atom. The smallest absolute Gasteiger partial charge is 0.230 e. The summed E-state index contributed by atoms with van der Waals surface area (Å²) >= 11 is 5.37. The van der Waals surface area contributed by atoms with E-state index in [9.17, 15) is 11.8 Å². The van der Waals surface area contributed by atoms with E-state index >= 15 is 0 Å². The van der Waals surface area contributed by atoms with E-state index in [1.54, 1.807) is 34.0 Å². The topological polar surface area (TPSA) is 38.0 Å². The maximum atomic E-state index is 12.4. The summed E-state index contributed by atoms with van der Waals surface area (Å²) in [4.78, 5) is 4.66. The van der Waals surface area contributed by atoms with Crippen molar-refractivity contribution >= 4 is 144 Å². The molecule has 4 nitrogen and oxygen atoms in total. The molecule has 5 aromatic heterocycles. The largest absolute Gasteiger partial charge is 0.317 e. The zero-order valence-electron chi connectivity index (χ0n) is 39.8. The highest BCUT2D eigenvalue weighted by atomic mass is 32.1. The number of aromatic nitrogens is 2. The monoisotopic (exact) mass is 1000 g/mol. The second-order valence-electron chi connectivity index (χ2n) is 19.2. The fraction of sp³-hybridized carbons (Fsp3) is 0. The van der Waals surface area contributed by atoms with Crippen molar-refractivity contribution < 1.29 is 0 Å². The Morgan fingerprint density at radius 1 is 0.360 bits per heavy atom. The van der Waals surface area contributed by atoms with Crippen LogP contribution >= 0.6 is 34.0 Å². The van der Waals surface area contributed by atoms with Gasteiger partial charge in [-0.05, 0) is 46.5 Å². The summed E-state index contributed by atoms with van der Waals surface area (Å²) in [5.41, 5.74) is 11.9. The van der Waals surface area contributed by atoms with Crippen LogP contribution in [0.3, 0.4) is 0 Å². The van der Waals surface area contributed by atoms with E-state index < -0.39 is 0 Å². The first-order chi connectivity index (χ1) is 37.2. The zero-order chi connectivity index (χ0) is 49.5. The molecule has 346 valence electrons. The number of rotatable bonds is 5. The van der Waals surface area contributed by atoms with Gasteiger partial charge in [-0.1, -0.05) is 194 Å². The van der Waals surface area contributed by atoms with E-state index in [1.165, 1.54) is 30.3 Å². The summed E-state index contributed by atoms with van der Waals surface area (Å²) in [5, 5.41) is 23.8. The summed E-state index contributed by atoms with van der Waals surface area (Å²) < 4.78 is 11.8. The van der Waals surface area contributed by atoms with Gasteiger partial charge in [0.15, 0.2) is 0 Å². The number of thiophene rings is 3. The molecule has 0 saturated heterocycles. The minimum atomic E-state index is 0.301. The fourth-order valence-corrected chi connectivity index (χ4v) is 15.9. The summed E-state index contributed by atoms with van der Waals surface area (Å²) in [6.07, 6.45) is 0. The molecule has 0 radical (unpaired) electrons. The second kappa shape index (κ2) is 16.1. The van der Waals surface area contributed by atoms with Gasteiger partial charge in [0.1, 0.15) is 0 Å². The molecule has 0 bridgehead atoms. The first kappa shape index (κ1) is 42.2. The van der Waals surface area contributed by atoms with Gasteiger partial charge in [-0.15, -0.1) is 34.0 Å². The van der Waals surface area contributed by atoms with Gasteiger partial charge in [-0.2, -0.15) is 5.26 Å². The molecule has 11 aromatic carbocycles. The number of hydrogen-bond acceptors (Lipinski definition) is 4. The lowest BCUT2D eigenvalue weighted by Gasteiger charge is -2.26. The molecule has 0 N–H and O–H groups in total. The van der Waals surface area contributed by atoms with Gasteiger partial charge >= 0.3 is 0 Å². The summed E-state index contributed by atoms with van der Waals surface area (Å²) in [5.74, 6) is 0. The Hall–Kier alpha value is -9.34. The first-order valence-electron chi connectivity index (χ1n) is 24.9. The molecule has 0 spiro atoms. The van der Waals surface area contributed by atoms with E-state index in [-0.39, 0.29) is 0 Å². The van der Waals surface area contributed by atoms with Gasteiger partial charge in [0.2, 0.25) is 5.69 Å². The highest BCUT2D eigenvalue weighted by molar-refractivity contribution is 7.27. The van der Waals surface area contributed by atoms with Crippen molar-refractivity contribution in [1.82, 2.24) is 9.13 Å². The van der Waals surface area contributed by atoms with Crippen molar-refractivity contribution in [3.05, 3.63) is 235 Å². The highest BCUT2D eigenvalue weighted by Gasteiger charge is 2.33. The van der Waals surface area contributed by atoms with Crippen LogP contribution in [0, 0.1) is 17.9 Å². The Morgan fingerprint density at radius 3 is 1.21 bits per heavy atom. The normalized spacial score (nSPS) is 12.0. The quantitative estimate of drug-likeness (QED) is 0.158. The maximum Gasteiger partial charge on any atom is 0.230 e. The summed E-state index contributed by atoms with van der Waals surface area (Å²) in [6.45, 7) is 9.62. The van der Waals surface area contributed by atoms with E-state index in [2.05, 4.69) is 238 Å². The maximum absolute atomic E-state index is 12.4. The minimum Gasteiger partial charge on any atom is -0.317 e. The summed E-state index contributed by atoms with van der Waals surface area (Å²) in [7, 11) is 0. The van der Waals surface area contributed by atoms with Crippen molar-refractivity contribution in [2.45, 2.75) is 0 Å². The molecule has 0 atom stereocenters. The molecule has 75 heavy (non-hydrogen) atoms. The van der Waals surface area contributed by atoms with Crippen LogP contribution in [0.5, 0.6) is 0 Å². The standard InChI is InChI=1S/C68H36N4S3/c1-70-60-53(38-69)61(72-63-48(32-35-51-45-24-12-15-27-56(45)74-67(51)63)49-33-36-52-46-25-13-16-28-57(46)75-68(52)64(49)72)58(40-19-7-3-8-20-40)59(41-21-9-4-10-22-41)65(60)71-54-37-42(39-17-5-2-6-18-39)29-30-43(54)47-31-34-50-44-23-11-14-26-55(44)73-66(50)62(47)71/h2-37H. The number of nitriles is 1. The van der Waals surface area contributed by atoms with Crippen LogP contribution in [0.2, 0.25) is 0 Å². The van der Waals surface area contributed by atoms with Gasteiger partial charge in [0, 0.05) is 79.1 Å². The molecule has 0 aliphatic rings. The third-order valence-electron chi connectivity index (χ3n) is 15.4. The fourth-order valence-electron chi connectivity index (χ4n) is 12.2. The lowest BCUT2D eigenvalue weighted by atomic mass is 9.87. The molecule has 0 saturated carbocycles. The number of benzene rings is 11. The lowest BCUT2D eigenvalue weighted by Crippen LogP contribution is -2.08. The predicted octanol–water partition coefficient (Wildman–Crippen LogP) is 20.4. The van der Waals surface area contributed by atoms with Gasteiger partial charge in [-0.25, -0.2) is 4.85 Å². The molecule has 7 heteroatoms. The first-order valence-corrected chi connectivity index (χ1v) is 27.4. The molecular formula is C68H36N4S3. The van der Waals surface area contributed by atoms with Crippen LogP contribution in [-0.4, -0.2) is 9.13 Å². The van der Waals surface area contributed by atoms with Crippen LogP contribution in [0.15, 0.2) is 218 Å². The van der Waals surface area contributed by atoms with Gasteiger partial charge in [-0.3, -0.25) is 0 Å². The summed E-state index contributed by atoms with van der Waals surface area (Å²) in [6, 6.07) is 80.9. The van der Waals surface area contributed by atoms with Crippen LogP contribution in [0.4, 0.5) is 5.69 Å². The van der Waals surface area contributed by atoms with Crippen molar-refractivity contribution in [3.63, 3.8) is 0 Å². The predicted molar refractivity (Wildman–Crippen MR) is 321 cm³/mol. The Labute approximate surface area is 441 Å². The van der Waals surface area contributed by atoms with Crippen LogP contribution in [0.25, 0.3) is 154 Å². The average molecular weight is 1010 g/mol. The number of nitrogens with zero attached hydrogens (tertiary/aromatic N) is 4. The Balaban J connectivity index is 1.19. The Bertz CT molecular complexity index is 5070. The number of hydrogen-bond donors (Lipinski definition) is 0. The van der Waals surface area contributed by atoms with Crippen LogP contribution in [0.1, 0.15) is 5.56 Å². The average Bonchev–Trinajstić information content (AvgIpc) is 4.46. The molecule has 0 amide bonds. The molecule has 0 aliphatic heterocycles. The Kier molecular flexibility index (Phi) is 9.05. The highest BCUT2D eigenvalue weighted by Crippen LogP contribution is 2.55. The third kappa shape index (κ3) is 5.89. The minimum absolute atomic E-state index is 0.301. The molecule has 16 rings (SSSR count). The molecule has 16 aromatic rings. The molecule has 0 fully saturated rings. The SMILES string of the molecule is [C-]#[N+]c1c(C#N)c(-n2c3c(ccc4c5ccccc5sc43)c3ccc4c5ccccc5sc4c32)c(-c2ccccc2)c(-c2ccccc2)c1-n1c2cc(-c3ccccc3)ccc2c2ccc3c4ccccc4sc3c21. The van der Waals surface area contributed by atoms with Gasteiger partial charge < -0.3 is 9.13 Å². The second-order valence-corrected chi connectivity index (χ2v) is 22.4. The van der Waals surface area contributed by atoms with E-state index in [1.807, 2.05) is 0 Å². The van der Waals surface area contributed by atoms with Gasteiger partial charge in [0.25, 0.3) is 0 Å². The number of fused-ring (bicyclic) bond motifs is 18. The molecule has 0 unspecified atom stereocenters. The molecule has 5 heterocycles. The third-order valence-corrected chi connectivity index (χ3v) is 19.0. The lowest BCUT2D eigenvalue weighted by molar-refractivity contribution is 1.15. The van der Waals surface area contributed by atoms with Crippen molar-refractivity contribution in [2.75, 3.05) is 0 Å².